The lowest BCUT2D eigenvalue weighted by Crippen LogP contribution is -2.15. The van der Waals surface area contributed by atoms with Gasteiger partial charge in [0.15, 0.2) is 11.5 Å². The van der Waals surface area contributed by atoms with Gasteiger partial charge in [-0.15, -0.1) is 11.3 Å². The summed E-state index contributed by atoms with van der Waals surface area (Å²) in [5.41, 5.74) is 1.67. The van der Waals surface area contributed by atoms with Crippen molar-refractivity contribution in [3.8, 4) is 11.5 Å². The van der Waals surface area contributed by atoms with E-state index in [0.717, 1.165) is 16.9 Å². The molecule has 0 fully saturated rings. The summed E-state index contributed by atoms with van der Waals surface area (Å²) >= 11 is 1.39. The highest BCUT2D eigenvalue weighted by atomic mass is 32.1. The number of amides is 1. The minimum atomic E-state index is -0.427. The predicted octanol–water partition coefficient (Wildman–Crippen LogP) is 4.07. The molecular weight excluding hydrogens is 354 g/mol. The van der Waals surface area contributed by atoms with Crippen molar-refractivity contribution in [2.24, 2.45) is 0 Å². The summed E-state index contributed by atoms with van der Waals surface area (Å²) in [5, 5.41) is 3.33. The normalized spacial score (nSPS) is 10.3. The summed E-state index contributed by atoms with van der Waals surface area (Å²) in [5.74, 6) is 0.239. The van der Waals surface area contributed by atoms with Gasteiger partial charge in [0.25, 0.3) is 5.91 Å². The predicted molar refractivity (Wildman–Crippen MR) is 102 cm³/mol. The first-order chi connectivity index (χ1) is 12.5. The topological polar surface area (TPSA) is 73.9 Å². The highest BCUT2D eigenvalue weighted by molar-refractivity contribution is 7.17. The van der Waals surface area contributed by atoms with Crippen molar-refractivity contribution in [2.75, 3.05) is 26.1 Å². The Bertz CT molecular complexity index is 813. The van der Waals surface area contributed by atoms with Gasteiger partial charge in [-0.1, -0.05) is 6.92 Å². The average Bonchev–Trinajstić information content (AvgIpc) is 2.96. The van der Waals surface area contributed by atoms with Gasteiger partial charge in [-0.2, -0.15) is 0 Å². The van der Waals surface area contributed by atoms with E-state index in [0.29, 0.717) is 27.6 Å². The second-order valence-electron chi connectivity index (χ2n) is 5.45. The lowest BCUT2D eigenvalue weighted by Gasteiger charge is -2.10. The van der Waals surface area contributed by atoms with Crippen LogP contribution in [0.25, 0.3) is 0 Å². The number of hydrogen-bond donors (Lipinski definition) is 1. The van der Waals surface area contributed by atoms with E-state index >= 15 is 0 Å². The van der Waals surface area contributed by atoms with Gasteiger partial charge in [-0.05, 0) is 44.0 Å². The van der Waals surface area contributed by atoms with E-state index in [-0.39, 0.29) is 12.5 Å². The highest BCUT2D eigenvalue weighted by Gasteiger charge is 2.23. The Balaban J connectivity index is 2.35. The fraction of sp³-hybridized carbons (Fsp3) is 0.368. The van der Waals surface area contributed by atoms with Gasteiger partial charge < -0.3 is 19.5 Å². The molecule has 26 heavy (non-hydrogen) atoms. The van der Waals surface area contributed by atoms with Crippen molar-refractivity contribution in [3.63, 3.8) is 0 Å². The Labute approximate surface area is 157 Å². The number of carbonyl (C=O) groups is 2. The molecule has 0 aliphatic rings. The molecule has 0 saturated heterocycles. The van der Waals surface area contributed by atoms with Crippen molar-refractivity contribution in [3.05, 3.63) is 39.8 Å². The van der Waals surface area contributed by atoms with Crippen LogP contribution in [0.5, 0.6) is 11.5 Å². The van der Waals surface area contributed by atoms with Crippen molar-refractivity contribution >= 4 is 28.2 Å². The number of anilines is 1. The number of methoxy groups -OCH3 is 2. The molecule has 0 atom stereocenters. The number of ether oxygens (including phenoxy) is 3. The lowest BCUT2D eigenvalue weighted by molar-refractivity contribution is 0.0527. The third-order valence-corrected chi connectivity index (χ3v) is 5.27. The quantitative estimate of drug-likeness (QED) is 0.737. The van der Waals surface area contributed by atoms with Crippen LogP contribution in [-0.4, -0.2) is 32.7 Å². The highest BCUT2D eigenvalue weighted by Crippen LogP contribution is 2.35. The Morgan fingerprint density at radius 2 is 1.81 bits per heavy atom. The smallest absolute Gasteiger partial charge is 0.341 e. The Kier molecular flexibility index (Phi) is 6.63. The monoisotopic (exact) mass is 377 g/mol. The number of benzene rings is 1. The van der Waals surface area contributed by atoms with Crippen LogP contribution in [0, 0.1) is 6.92 Å². The lowest BCUT2D eigenvalue weighted by atomic mass is 10.1. The van der Waals surface area contributed by atoms with Crippen molar-refractivity contribution in [2.45, 2.75) is 27.2 Å². The maximum absolute atomic E-state index is 12.7. The van der Waals surface area contributed by atoms with E-state index in [9.17, 15) is 9.59 Å². The fourth-order valence-electron chi connectivity index (χ4n) is 2.59. The molecule has 0 saturated carbocycles. The van der Waals surface area contributed by atoms with Gasteiger partial charge in [-0.25, -0.2) is 4.79 Å². The van der Waals surface area contributed by atoms with E-state index in [1.54, 1.807) is 25.1 Å². The van der Waals surface area contributed by atoms with E-state index in [1.807, 2.05) is 13.8 Å². The first kappa shape index (κ1) is 19.8. The van der Waals surface area contributed by atoms with Gasteiger partial charge in [0.1, 0.15) is 5.00 Å². The molecule has 6 nitrogen and oxygen atoms in total. The molecule has 2 rings (SSSR count). The molecule has 1 N–H and O–H groups in total. The standard InChI is InChI=1S/C19H23NO5S/c1-6-15-11(3)16(19(22)25-7-2)18(26-15)20-17(21)12-8-9-13(23-4)14(10-12)24-5/h8-10H,6-7H2,1-5H3,(H,20,21). The molecule has 1 aromatic carbocycles. The summed E-state index contributed by atoms with van der Waals surface area (Å²) in [6.07, 6.45) is 0.773. The zero-order valence-corrected chi connectivity index (χ0v) is 16.4. The molecule has 140 valence electrons. The Morgan fingerprint density at radius 1 is 1.12 bits per heavy atom. The molecule has 1 heterocycles. The zero-order chi connectivity index (χ0) is 19.3. The van der Waals surface area contributed by atoms with E-state index in [4.69, 9.17) is 14.2 Å². The third-order valence-electron chi connectivity index (χ3n) is 3.92. The van der Waals surface area contributed by atoms with Crippen molar-refractivity contribution in [1.82, 2.24) is 0 Å². The SMILES string of the molecule is CCOC(=O)c1c(NC(=O)c2ccc(OC)c(OC)c2)sc(CC)c1C. The van der Waals surface area contributed by atoms with Crippen molar-refractivity contribution < 1.29 is 23.8 Å². The fourth-order valence-corrected chi connectivity index (χ4v) is 3.72. The van der Waals surface area contributed by atoms with Crippen LogP contribution in [0.2, 0.25) is 0 Å². The Hall–Kier alpha value is -2.54. The molecular formula is C19H23NO5S. The summed E-state index contributed by atoms with van der Waals surface area (Å²) in [6.45, 7) is 5.90. The summed E-state index contributed by atoms with van der Waals surface area (Å²) in [6, 6.07) is 4.90. The number of nitrogens with one attached hydrogen (secondary N) is 1. The van der Waals surface area contributed by atoms with E-state index in [2.05, 4.69) is 5.32 Å². The largest absolute Gasteiger partial charge is 0.493 e. The van der Waals surface area contributed by atoms with Crippen LogP contribution in [0.1, 0.15) is 45.0 Å². The minimum Gasteiger partial charge on any atom is -0.493 e. The first-order valence-electron chi connectivity index (χ1n) is 8.29. The molecule has 0 bridgehead atoms. The van der Waals surface area contributed by atoms with Gasteiger partial charge in [-0.3, -0.25) is 4.79 Å². The maximum Gasteiger partial charge on any atom is 0.341 e. The molecule has 2 aromatic rings. The second-order valence-corrected chi connectivity index (χ2v) is 6.56. The molecule has 0 aliphatic heterocycles. The van der Waals surface area contributed by atoms with Crippen LogP contribution in [-0.2, 0) is 11.2 Å². The van der Waals surface area contributed by atoms with Gasteiger partial charge in [0, 0.05) is 10.4 Å². The zero-order valence-electron chi connectivity index (χ0n) is 15.6. The van der Waals surface area contributed by atoms with Crippen LogP contribution in [0.3, 0.4) is 0 Å². The number of rotatable bonds is 7. The number of thiophene rings is 1. The summed E-state index contributed by atoms with van der Waals surface area (Å²) in [4.78, 5) is 26.0. The van der Waals surface area contributed by atoms with Crippen LogP contribution < -0.4 is 14.8 Å². The average molecular weight is 377 g/mol. The number of carbonyl (C=O) groups excluding carboxylic acids is 2. The van der Waals surface area contributed by atoms with Crippen LogP contribution >= 0.6 is 11.3 Å². The molecule has 0 unspecified atom stereocenters. The molecule has 1 amide bonds. The first-order valence-corrected chi connectivity index (χ1v) is 9.11. The summed E-state index contributed by atoms with van der Waals surface area (Å²) in [7, 11) is 3.04. The molecule has 0 aliphatic carbocycles. The van der Waals surface area contributed by atoms with Crippen LogP contribution in [0.4, 0.5) is 5.00 Å². The molecule has 0 radical (unpaired) electrons. The minimum absolute atomic E-state index is 0.276. The summed E-state index contributed by atoms with van der Waals surface area (Å²) < 4.78 is 15.6. The molecule has 0 spiro atoms. The van der Waals surface area contributed by atoms with Crippen molar-refractivity contribution in [1.29, 1.82) is 0 Å². The van der Waals surface area contributed by atoms with E-state index in [1.165, 1.54) is 25.6 Å². The van der Waals surface area contributed by atoms with E-state index < -0.39 is 5.97 Å². The second kappa shape index (κ2) is 8.71. The molecule has 1 aromatic heterocycles. The third kappa shape index (κ3) is 3.99. The van der Waals surface area contributed by atoms with Crippen LogP contribution in [0.15, 0.2) is 18.2 Å². The Morgan fingerprint density at radius 3 is 2.38 bits per heavy atom. The maximum atomic E-state index is 12.7. The van der Waals surface area contributed by atoms with Gasteiger partial charge in [0.2, 0.25) is 0 Å². The number of aryl methyl sites for hydroxylation is 1. The van der Waals surface area contributed by atoms with Gasteiger partial charge >= 0.3 is 5.97 Å². The number of esters is 1. The number of hydrogen-bond acceptors (Lipinski definition) is 6. The van der Waals surface area contributed by atoms with Gasteiger partial charge in [0.05, 0.1) is 26.4 Å². The molecule has 7 heteroatoms.